The minimum atomic E-state index is -4.50. The number of rotatable bonds is 10. The fourth-order valence-corrected chi connectivity index (χ4v) is 4.51. The highest BCUT2D eigenvalue weighted by Crippen LogP contribution is 2.36. The van der Waals surface area contributed by atoms with Crippen molar-refractivity contribution in [2.45, 2.75) is 18.6 Å². The molecule has 0 aromatic heterocycles. The SMILES string of the molecule is COCCN(CC(=O)N1N=C(c2ccc(OC)cc2OC)CC1c1ccccc1)C(=O)Nc1ccc(C(F)(F)F)cc1. The van der Waals surface area contributed by atoms with Crippen molar-refractivity contribution < 1.29 is 37.0 Å². The van der Waals surface area contributed by atoms with E-state index in [0.29, 0.717) is 29.2 Å². The standard InChI is InChI=1S/C30H31F3N4O5/c1-40-16-15-36(29(39)34-22-11-9-21(10-12-22)30(31,32)33)19-28(38)37-26(20-7-5-4-6-8-20)18-25(35-37)24-14-13-23(41-2)17-27(24)42-3/h4-14,17,26H,15-16,18-19H2,1-3H3,(H,34,39). The topological polar surface area (TPSA) is 92.7 Å². The highest BCUT2D eigenvalue weighted by Gasteiger charge is 2.35. The Morgan fingerprint density at radius 1 is 1.00 bits per heavy atom. The Hall–Kier alpha value is -4.58. The molecule has 9 nitrogen and oxygen atoms in total. The molecule has 0 fully saturated rings. The van der Waals surface area contributed by atoms with E-state index in [9.17, 15) is 22.8 Å². The molecule has 0 saturated carbocycles. The molecule has 1 atom stereocenters. The van der Waals surface area contributed by atoms with Gasteiger partial charge < -0.3 is 24.4 Å². The number of urea groups is 1. The summed E-state index contributed by atoms with van der Waals surface area (Å²) in [6.07, 6.45) is -4.10. The van der Waals surface area contributed by atoms with Gasteiger partial charge in [-0.15, -0.1) is 0 Å². The molecule has 1 aliphatic heterocycles. The number of carbonyl (C=O) groups is 2. The van der Waals surface area contributed by atoms with Gasteiger partial charge in [-0.2, -0.15) is 18.3 Å². The molecule has 1 aliphatic rings. The minimum absolute atomic E-state index is 0.0570. The van der Waals surface area contributed by atoms with Gasteiger partial charge in [-0.25, -0.2) is 9.80 Å². The number of hydrogen-bond donors (Lipinski definition) is 1. The predicted octanol–water partition coefficient (Wildman–Crippen LogP) is 5.58. The summed E-state index contributed by atoms with van der Waals surface area (Å²) >= 11 is 0. The molecule has 1 N–H and O–H groups in total. The molecule has 3 amide bonds. The van der Waals surface area contributed by atoms with Gasteiger partial charge >= 0.3 is 12.2 Å². The predicted molar refractivity (Wildman–Crippen MR) is 151 cm³/mol. The van der Waals surface area contributed by atoms with Crippen molar-refractivity contribution in [1.29, 1.82) is 0 Å². The van der Waals surface area contributed by atoms with E-state index in [4.69, 9.17) is 14.2 Å². The zero-order valence-electron chi connectivity index (χ0n) is 23.4. The second-order valence-electron chi connectivity index (χ2n) is 9.40. The Balaban J connectivity index is 1.59. The van der Waals surface area contributed by atoms with Crippen LogP contribution in [0.25, 0.3) is 0 Å². The lowest BCUT2D eigenvalue weighted by Gasteiger charge is -2.27. The molecule has 3 aromatic carbocycles. The number of anilines is 1. The van der Waals surface area contributed by atoms with Gasteiger partial charge in [-0.1, -0.05) is 30.3 Å². The molecule has 0 spiro atoms. The van der Waals surface area contributed by atoms with Crippen LogP contribution in [0.4, 0.5) is 23.7 Å². The fraction of sp³-hybridized carbons (Fsp3) is 0.300. The quantitative estimate of drug-likeness (QED) is 0.336. The first-order valence-corrected chi connectivity index (χ1v) is 13.0. The van der Waals surface area contributed by atoms with Crippen LogP contribution < -0.4 is 14.8 Å². The zero-order chi connectivity index (χ0) is 30.3. The molecule has 4 rings (SSSR count). The fourth-order valence-electron chi connectivity index (χ4n) is 4.51. The summed E-state index contributed by atoms with van der Waals surface area (Å²) in [6.45, 7) is -0.162. The molecule has 1 unspecified atom stereocenters. The van der Waals surface area contributed by atoms with Gasteiger partial charge in [-0.05, 0) is 42.0 Å². The maximum absolute atomic E-state index is 13.7. The number of methoxy groups -OCH3 is 3. The molecule has 0 radical (unpaired) electrons. The molecule has 42 heavy (non-hydrogen) atoms. The number of carbonyl (C=O) groups excluding carboxylic acids is 2. The van der Waals surface area contributed by atoms with Crippen LogP contribution in [0.3, 0.4) is 0 Å². The molecule has 0 bridgehead atoms. The van der Waals surface area contributed by atoms with Crippen molar-refractivity contribution in [2.24, 2.45) is 5.10 Å². The number of hydrogen-bond acceptors (Lipinski definition) is 6. The van der Waals surface area contributed by atoms with Crippen LogP contribution in [0.2, 0.25) is 0 Å². The van der Waals surface area contributed by atoms with Crippen molar-refractivity contribution in [1.82, 2.24) is 9.91 Å². The van der Waals surface area contributed by atoms with E-state index in [-0.39, 0.29) is 25.4 Å². The second-order valence-corrected chi connectivity index (χ2v) is 9.40. The Bertz CT molecular complexity index is 1410. The molecule has 12 heteroatoms. The van der Waals surface area contributed by atoms with E-state index in [1.165, 1.54) is 24.1 Å². The molecular formula is C30H31F3N4O5. The van der Waals surface area contributed by atoms with Crippen molar-refractivity contribution in [2.75, 3.05) is 46.3 Å². The maximum Gasteiger partial charge on any atom is 0.416 e. The number of nitrogens with zero attached hydrogens (tertiary/aromatic N) is 3. The van der Waals surface area contributed by atoms with Gasteiger partial charge in [0.25, 0.3) is 5.91 Å². The first-order valence-electron chi connectivity index (χ1n) is 13.0. The molecule has 222 valence electrons. The largest absolute Gasteiger partial charge is 0.497 e. The number of amides is 3. The van der Waals surface area contributed by atoms with E-state index >= 15 is 0 Å². The summed E-state index contributed by atoms with van der Waals surface area (Å²) in [5.41, 5.74) is 1.49. The molecule has 3 aromatic rings. The maximum atomic E-state index is 13.7. The minimum Gasteiger partial charge on any atom is -0.497 e. The summed E-state index contributed by atoms with van der Waals surface area (Å²) in [7, 11) is 4.54. The number of nitrogens with one attached hydrogen (secondary N) is 1. The van der Waals surface area contributed by atoms with E-state index in [0.717, 1.165) is 29.8 Å². The molecule has 0 aliphatic carbocycles. The summed E-state index contributed by atoms with van der Waals surface area (Å²) in [5, 5.41) is 8.59. The Kier molecular flexibility index (Phi) is 9.68. The number of alkyl halides is 3. The number of halogens is 3. The van der Waals surface area contributed by atoms with Crippen LogP contribution >= 0.6 is 0 Å². The average molecular weight is 585 g/mol. The summed E-state index contributed by atoms with van der Waals surface area (Å²) in [6, 6.07) is 17.7. The lowest BCUT2D eigenvalue weighted by atomic mass is 9.98. The van der Waals surface area contributed by atoms with Gasteiger partial charge in [0.15, 0.2) is 0 Å². The van der Waals surface area contributed by atoms with Gasteiger partial charge in [0, 0.05) is 37.4 Å². The normalized spacial score (nSPS) is 14.8. The molecule has 1 heterocycles. The lowest BCUT2D eigenvalue weighted by Crippen LogP contribution is -2.44. The van der Waals surface area contributed by atoms with Crippen molar-refractivity contribution in [3.05, 3.63) is 89.5 Å². The summed E-state index contributed by atoms with van der Waals surface area (Å²) in [4.78, 5) is 28.1. The number of benzene rings is 3. The van der Waals surface area contributed by atoms with Gasteiger partial charge in [0.1, 0.15) is 18.0 Å². The van der Waals surface area contributed by atoms with Crippen LogP contribution in [0, 0.1) is 0 Å². The van der Waals surface area contributed by atoms with E-state index < -0.39 is 29.7 Å². The van der Waals surface area contributed by atoms with Crippen LogP contribution in [-0.4, -0.2) is 68.6 Å². The number of hydrazone groups is 1. The molecular weight excluding hydrogens is 553 g/mol. The van der Waals surface area contributed by atoms with Crippen LogP contribution in [0.5, 0.6) is 11.5 Å². The van der Waals surface area contributed by atoms with Crippen LogP contribution in [0.15, 0.2) is 77.9 Å². The highest BCUT2D eigenvalue weighted by atomic mass is 19.4. The van der Waals surface area contributed by atoms with E-state index in [1.54, 1.807) is 19.2 Å². The third kappa shape index (κ3) is 7.19. The van der Waals surface area contributed by atoms with Crippen molar-refractivity contribution >= 4 is 23.3 Å². The Labute approximate surface area is 241 Å². The highest BCUT2D eigenvalue weighted by molar-refractivity contribution is 6.05. The van der Waals surface area contributed by atoms with Gasteiger partial charge in [0.2, 0.25) is 0 Å². The average Bonchev–Trinajstić information content (AvgIpc) is 3.44. The Morgan fingerprint density at radius 2 is 1.71 bits per heavy atom. The Morgan fingerprint density at radius 3 is 2.33 bits per heavy atom. The van der Waals surface area contributed by atoms with Gasteiger partial charge in [-0.3, -0.25) is 4.79 Å². The summed E-state index contributed by atoms with van der Waals surface area (Å²) in [5.74, 6) is 0.687. The van der Waals surface area contributed by atoms with Crippen molar-refractivity contribution in [3.63, 3.8) is 0 Å². The van der Waals surface area contributed by atoms with E-state index in [1.807, 2.05) is 36.4 Å². The lowest BCUT2D eigenvalue weighted by molar-refractivity contribution is -0.137. The summed E-state index contributed by atoms with van der Waals surface area (Å²) < 4.78 is 54.8. The van der Waals surface area contributed by atoms with Crippen LogP contribution in [-0.2, 0) is 15.7 Å². The monoisotopic (exact) mass is 584 g/mol. The second kappa shape index (κ2) is 13.4. The third-order valence-electron chi connectivity index (χ3n) is 6.71. The zero-order valence-corrected chi connectivity index (χ0v) is 23.4. The van der Waals surface area contributed by atoms with Crippen molar-refractivity contribution in [3.8, 4) is 11.5 Å². The third-order valence-corrected chi connectivity index (χ3v) is 6.71. The van der Waals surface area contributed by atoms with Gasteiger partial charge in [0.05, 0.1) is 38.1 Å². The smallest absolute Gasteiger partial charge is 0.416 e. The first kappa shape index (κ1) is 30.4. The number of ether oxygens (including phenoxy) is 3. The van der Waals surface area contributed by atoms with Crippen LogP contribution in [0.1, 0.15) is 29.2 Å². The van der Waals surface area contributed by atoms with E-state index in [2.05, 4.69) is 10.4 Å². The molecule has 0 saturated heterocycles. The first-order chi connectivity index (χ1) is 20.1.